The van der Waals surface area contributed by atoms with Crippen LogP contribution < -0.4 is 20.1 Å². The van der Waals surface area contributed by atoms with E-state index in [2.05, 4.69) is 10.6 Å². The molecule has 1 aliphatic rings. The van der Waals surface area contributed by atoms with Gasteiger partial charge in [0.05, 0.1) is 13.2 Å². The van der Waals surface area contributed by atoms with E-state index < -0.39 is 35.2 Å². The van der Waals surface area contributed by atoms with Crippen LogP contribution in [0, 0.1) is 17.6 Å². The van der Waals surface area contributed by atoms with Gasteiger partial charge in [-0.05, 0) is 68.0 Å². The zero-order valence-corrected chi connectivity index (χ0v) is 30.5. The minimum absolute atomic E-state index is 0.0608. The normalized spacial score (nSPS) is 12.9. The standard InChI is InChI=1S/C20H25NO4S.C19H15F2NO4S/c22-17(23)11-6-12-25-18-15-9-4-5-10-16(15)26-19(18)20(24)21-13-14-7-2-1-3-8-14;20-12-6-3-7-13(21)16(12)22-19(25)18-17(26-10-4-9-15(23)24)11-5-1-2-8-14(11)27-18/h4-5,9-10,14H,1-3,6-8,11-13H2,(H,21,24)(H,22,23);1-3,5-8H,4,9-10H2,(H,22,25)(H,23,24). The molecule has 2 heterocycles. The lowest BCUT2D eigenvalue weighted by molar-refractivity contribution is -0.138. The smallest absolute Gasteiger partial charge is 0.303 e. The van der Waals surface area contributed by atoms with E-state index >= 15 is 0 Å². The van der Waals surface area contributed by atoms with Crippen LogP contribution in [0.1, 0.15) is 77.1 Å². The molecule has 1 fully saturated rings. The molecule has 6 rings (SSSR count). The summed E-state index contributed by atoms with van der Waals surface area (Å²) in [6.07, 6.45) is 6.86. The molecule has 0 unspecified atom stereocenters. The first-order chi connectivity index (χ1) is 25.6. The fourth-order valence-electron chi connectivity index (χ4n) is 5.92. The number of ether oxygens (including phenoxy) is 2. The van der Waals surface area contributed by atoms with Crippen molar-refractivity contribution in [2.75, 3.05) is 25.1 Å². The average Bonchev–Trinajstić information content (AvgIpc) is 3.71. The molecule has 4 N–H and O–H groups in total. The number of para-hydroxylation sites is 1. The number of carboxylic acids is 2. The molecule has 0 bridgehead atoms. The molecule has 2 aromatic heterocycles. The highest BCUT2D eigenvalue weighted by Gasteiger charge is 2.23. The third-order valence-corrected chi connectivity index (χ3v) is 10.9. The molecule has 14 heteroatoms. The first-order valence-corrected chi connectivity index (χ1v) is 19.0. The quantitative estimate of drug-likeness (QED) is 0.0771. The van der Waals surface area contributed by atoms with Crippen LogP contribution in [0.5, 0.6) is 11.5 Å². The van der Waals surface area contributed by atoms with Crippen molar-refractivity contribution in [2.45, 2.75) is 57.8 Å². The number of aliphatic carboxylic acids is 2. The van der Waals surface area contributed by atoms with Crippen molar-refractivity contribution >= 4 is 72.3 Å². The van der Waals surface area contributed by atoms with Gasteiger partial charge >= 0.3 is 11.9 Å². The number of carbonyl (C=O) groups excluding carboxylic acids is 2. The Balaban J connectivity index is 0.000000204. The molecule has 0 atom stereocenters. The first-order valence-electron chi connectivity index (χ1n) is 17.4. The average molecular weight is 767 g/mol. The molecular weight excluding hydrogens is 727 g/mol. The largest absolute Gasteiger partial charge is 0.491 e. The number of carbonyl (C=O) groups is 4. The minimum atomic E-state index is -0.943. The number of carboxylic acid groups (broad SMARTS) is 2. The number of hydrogen-bond donors (Lipinski definition) is 4. The van der Waals surface area contributed by atoms with E-state index in [4.69, 9.17) is 19.7 Å². The number of nitrogens with one attached hydrogen (secondary N) is 2. The highest BCUT2D eigenvalue weighted by molar-refractivity contribution is 7.21. The van der Waals surface area contributed by atoms with Gasteiger partial charge in [-0.1, -0.05) is 49.6 Å². The number of rotatable bonds is 15. The van der Waals surface area contributed by atoms with Crippen molar-refractivity contribution < 1.29 is 47.6 Å². The van der Waals surface area contributed by atoms with Crippen molar-refractivity contribution in [2.24, 2.45) is 5.92 Å². The molecule has 0 aliphatic heterocycles. The fraction of sp³-hybridized carbons (Fsp3) is 0.333. The van der Waals surface area contributed by atoms with Crippen LogP contribution >= 0.6 is 22.7 Å². The van der Waals surface area contributed by atoms with Crippen LogP contribution in [-0.4, -0.2) is 53.7 Å². The second-order valence-electron chi connectivity index (χ2n) is 12.5. The molecule has 0 radical (unpaired) electrons. The van der Waals surface area contributed by atoms with E-state index in [0.29, 0.717) is 34.9 Å². The van der Waals surface area contributed by atoms with Gasteiger partial charge in [0, 0.05) is 39.6 Å². The summed E-state index contributed by atoms with van der Waals surface area (Å²) in [5.74, 6) is -2.91. The van der Waals surface area contributed by atoms with Crippen LogP contribution in [0.15, 0.2) is 66.7 Å². The number of thiophene rings is 2. The van der Waals surface area contributed by atoms with Crippen LogP contribution in [-0.2, 0) is 9.59 Å². The summed E-state index contributed by atoms with van der Waals surface area (Å²) < 4.78 is 40.9. The van der Waals surface area contributed by atoms with Gasteiger partial charge in [0.1, 0.15) is 27.1 Å². The minimum Gasteiger partial charge on any atom is -0.491 e. The molecule has 5 aromatic rings. The molecule has 53 heavy (non-hydrogen) atoms. The highest BCUT2D eigenvalue weighted by Crippen LogP contribution is 2.39. The van der Waals surface area contributed by atoms with E-state index in [9.17, 15) is 28.0 Å². The molecule has 3 aromatic carbocycles. The van der Waals surface area contributed by atoms with Crippen molar-refractivity contribution in [3.63, 3.8) is 0 Å². The number of hydrogen-bond acceptors (Lipinski definition) is 8. The second-order valence-corrected chi connectivity index (χ2v) is 14.6. The lowest BCUT2D eigenvalue weighted by Gasteiger charge is -2.21. The van der Waals surface area contributed by atoms with Crippen LogP contribution in [0.4, 0.5) is 14.5 Å². The van der Waals surface area contributed by atoms with E-state index in [0.717, 1.165) is 38.3 Å². The zero-order valence-electron chi connectivity index (χ0n) is 28.8. The Morgan fingerprint density at radius 2 is 1.17 bits per heavy atom. The maximum atomic E-state index is 13.8. The van der Waals surface area contributed by atoms with Crippen molar-refractivity contribution in [1.29, 1.82) is 0 Å². The zero-order chi connectivity index (χ0) is 37.7. The summed E-state index contributed by atoms with van der Waals surface area (Å²) in [6, 6.07) is 18.2. The molecule has 0 saturated heterocycles. The summed E-state index contributed by atoms with van der Waals surface area (Å²) in [5.41, 5.74) is -0.531. The van der Waals surface area contributed by atoms with E-state index in [-0.39, 0.29) is 49.0 Å². The van der Waals surface area contributed by atoms with Gasteiger partial charge in [-0.25, -0.2) is 8.78 Å². The summed E-state index contributed by atoms with van der Waals surface area (Å²) in [6.45, 7) is 1.10. The van der Waals surface area contributed by atoms with E-state index in [1.807, 2.05) is 24.3 Å². The molecule has 10 nitrogen and oxygen atoms in total. The Labute approximate surface area is 312 Å². The Bertz CT molecular complexity index is 2040. The Hall–Kier alpha value is -5.08. The molecule has 2 amide bonds. The van der Waals surface area contributed by atoms with Crippen LogP contribution in [0.3, 0.4) is 0 Å². The van der Waals surface area contributed by atoms with Gasteiger partial charge in [-0.3, -0.25) is 19.2 Å². The monoisotopic (exact) mass is 766 g/mol. The van der Waals surface area contributed by atoms with Crippen molar-refractivity contribution in [3.8, 4) is 11.5 Å². The van der Waals surface area contributed by atoms with Crippen molar-refractivity contribution in [3.05, 3.63) is 88.1 Å². The third-order valence-electron chi connectivity index (χ3n) is 8.55. The topological polar surface area (TPSA) is 151 Å². The molecule has 0 spiro atoms. The summed E-state index contributed by atoms with van der Waals surface area (Å²) in [4.78, 5) is 47.4. The molecule has 280 valence electrons. The fourth-order valence-corrected chi connectivity index (χ4v) is 8.03. The van der Waals surface area contributed by atoms with Crippen LogP contribution in [0.2, 0.25) is 0 Å². The number of amides is 2. The number of benzene rings is 3. The maximum Gasteiger partial charge on any atom is 0.303 e. The Morgan fingerprint density at radius 3 is 1.68 bits per heavy atom. The lowest BCUT2D eigenvalue weighted by Crippen LogP contribution is -2.30. The van der Waals surface area contributed by atoms with E-state index in [1.165, 1.54) is 49.5 Å². The molecule has 1 aliphatic carbocycles. The Kier molecular flexibility index (Phi) is 14.1. The molecule has 1 saturated carbocycles. The Morgan fingerprint density at radius 1 is 0.679 bits per heavy atom. The third kappa shape index (κ3) is 10.7. The first kappa shape index (κ1) is 39.1. The van der Waals surface area contributed by atoms with E-state index in [1.54, 1.807) is 24.3 Å². The molecular formula is C39H40F2N2O8S2. The van der Waals surface area contributed by atoms with Gasteiger partial charge in [-0.2, -0.15) is 0 Å². The van der Waals surface area contributed by atoms with Crippen molar-refractivity contribution in [1.82, 2.24) is 5.32 Å². The summed E-state index contributed by atoms with van der Waals surface area (Å²) >= 11 is 2.56. The number of fused-ring (bicyclic) bond motifs is 2. The van der Waals surface area contributed by atoms with Gasteiger partial charge in [0.2, 0.25) is 0 Å². The van der Waals surface area contributed by atoms with Gasteiger partial charge in [0.25, 0.3) is 11.8 Å². The van der Waals surface area contributed by atoms with Gasteiger partial charge in [0.15, 0.2) is 11.5 Å². The predicted molar refractivity (Wildman–Crippen MR) is 202 cm³/mol. The highest BCUT2D eigenvalue weighted by atomic mass is 32.1. The van der Waals surface area contributed by atoms with Gasteiger partial charge < -0.3 is 30.3 Å². The lowest BCUT2D eigenvalue weighted by atomic mass is 9.89. The van der Waals surface area contributed by atoms with Crippen LogP contribution in [0.25, 0.3) is 20.2 Å². The van der Waals surface area contributed by atoms with Gasteiger partial charge in [-0.15, -0.1) is 22.7 Å². The second kappa shape index (κ2) is 19.1. The maximum absolute atomic E-state index is 13.8. The summed E-state index contributed by atoms with van der Waals surface area (Å²) in [7, 11) is 0. The summed E-state index contributed by atoms with van der Waals surface area (Å²) in [5, 5.41) is 24.4. The number of anilines is 1. The SMILES string of the molecule is O=C(O)CCCOc1c(C(=O)NCC2CCCCC2)sc2ccccc12.O=C(O)CCCOc1c(C(=O)Nc2c(F)cccc2F)sc2ccccc12. The predicted octanol–water partition coefficient (Wildman–Crippen LogP) is 9.13. The number of halogens is 2.